The van der Waals surface area contributed by atoms with Crippen molar-refractivity contribution in [3.05, 3.63) is 31.7 Å². The highest BCUT2D eigenvalue weighted by Crippen LogP contribution is 2.43. The Hall–Kier alpha value is -0.780. The highest BCUT2D eigenvalue weighted by atomic mass is 32.1. The summed E-state index contributed by atoms with van der Waals surface area (Å²) in [4.78, 5) is 10.9. The van der Waals surface area contributed by atoms with Gasteiger partial charge in [0.05, 0.1) is 22.1 Å². The standard InChI is InChI=1S/C16H23N3S2/c1-10-9-20-13(18-10)7-14-19-15(11-5-6-11)12(21-14)8-17-16(2,3)4/h9,11,17H,5-8H2,1-4H3. The quantitative estimate of drug-likeness (QED) is 0.894. The number of nitrogens with zero attached hydrogens (tertiary/aromatic N) is 2. The summed E-state index contributed by atoms with van der Waals surface area (Å²) in [7, 11) is 0. The molecule has 1 N–H and O–H groups in total. The van der Waals surface area contributed by atoms with Crippen molar-refractivity contribution < 1.29 is 0 Å². The number of aryl methyl sites for hydroxylation is 1. The lowest BCUT2D eigenvalue weighted by molar-refractivity contribution is 0.425. The topological polar surface area (TPSA) is 37.8 Å². The number of aromatic nitrogens is 2. The second-order valence-electron chi connectivity index (χ2n) is 6.85. The first-order chi connectivity index (χ1) is 9.90. The third kappa shape index (κ3) is 4.11. The Morgan fingerprint density at radius 1 is 1.24 bits per heavy atom. The van der Waals surface area contributed by atoms with Crippen LogP contribution in [0.3, 0.4) is 0 Å². The predicted octanol–water partition coefficient (Wildman–Crippen LogP) is 4.26. The van der Waals surface area contributed by atoms with E-state index in [2.05, 4.69) is 43.4 Å². The van der Waals surface area contributed by atoms with Gasteiger partial charge < -0.3 is 5.32 Å². The van der Waals surface area contributed by atoms with Gasteiger partial charge in [-0.2, -0.15) is 0 Å². The van der Waals surface area contributed by atoms with Crippen molar-refractivity contribution in [3.8, 4) is 0 Å². The number of thiazole rings is 2. The Balaban J connectivity index is 1.76. The van der Waals surface area contributed by atoms with Gasteiger partial charge in [0.25, 0.3) is 0 Å². The lowest BCUT2D eigenvalue weighted by Gasteiger charge is -2.20. The van der Waals surface area contributed by atoms with Crippen molar-refractivity contribution in [1.29, 1.82) is 0 Å². The van der Waals surface area contributed by atoms with Crippen molar-refractivity contribution in [2.75, 3.05) is 0 Å². The molecule has 2 aromatic heterocycles. The van der Waals surface area contributed by atoms with Crippen molar-refractivity contribution in [2.45, 2.75) is 65.0 Å². The van der Waals surface area contributed by atoms with Crippen LogP contribution >= 0.6 is 22.7 Å². The van der Waals surface area contributed by atoms with Crippen molar-refractivity contribution in [2.24, 2.45) is 0 Å². The highest BCUT2D eigenvalue weighted by Gasteiger charge is 2.30. The van der Waals surface area contributed by atoms with Crippen LogP contribution in [-0.2, 0) is 13.0 Å². The summed E-state index contributed by atoms with van der Waals surface area (Å²) in [6, 6.07) is 0. The first-order valence-corrected chi connectivity index (χ1v) is 9.25. The van der Waals surface area contributed by atoms with Crippen LogP contribution in [0.15, 0.2) is 5.38 Å². The lowest BCUT2D eigenvalue weighted by atomic mass is 10.1. The molecule has 21 heavy (non-hydrogen) atoms. The van der Waals surface area contributed by atoms with E-state index in [9.17, 15) is 0 Å². The molecular formula is C16H23N3S2. The van der Waals surface area contributed by atoms with Gasteiger partial charge in [-0.3, -0.25) is 0 Å². The summed E-state index contributed by atoms with van der Waals surface area (Å²) in [5.74, 6) is 0.713. The molecule has 0 spiro atoms. The van der Waals surface area contributed by atoms with E-state index in [1.165, 1.54) is 33.4 Å². The number of nitrogens with one attached hydrogen (secondary N) is 1. The van der Waals surface area contributed by atoms with Gasteiger partial charge in [-0.15, -0.1) is 22.7 Å². The zero-order chi connectivity index (χ0) is 15.0. The molecule has 3 rings (SSSR count). The van der Waals surface area contributed by atoms with Gasteiger partial charge in [-0.1, -0.05) is 0 Å². The van der Waals surface area contributed by atoms with E-state index < -0.39 is 0 Å². The summed E-state index contributed by atoms with van der Waals surface area (Å²) in [6.45, 7) is 9.62. The zero-order valence-corrected chi connectivity index (χ0v) is 14.8. The minimum Gasteiger partial charge on any atom is -0.307 e. The van der Waals surface area contributed by atoms with Crippen molar-refractivity contribution in [3.63, 3.8) is 0 Å². The Morgan fingerprint density at radius 2 is 2.00 bits per heavy atom. The Kier molecular flexibility index (Phi) is 4.17. The summed E-state index contributed by atoms with van der Waals surface area (Å²) in [5.41, 5.74) is 2.61. The number of rotatable bonds is 5. The maximum Gasteiger partial charge on any atom is 0.0999 e. The fraction of sp³-hybridized carbons (Fsp3) is 0.625. The molecule has 2 aromatic rings. The molecule has 0 aromatic carbocycles. The molecule has 114 valence electrons. The third-order valence-corrected chi connectivity index (χ3v) is 5.52. The third-order valence-electron chi connectivity index (χ3n) is 3.48. The first kappa shape index (κ1) is 15.1. The smallest absolute Gasteiger partial charge is 0.0999 e. The fourth-order valence-electron chi connectivity index (χ4n) is 2.25. The van der Waals surface area contributed by atoms with Crippen molar-refractivity contribution >= 4 is 22.7 Å². The van der Waals surface area contributed by atoms with Crippen LogP contribution < -0.4 is 5.32 Å². The molecule has 0 unspecified atom stereocenters. The molecule has 0 saturated heterocycles. The van der Waals surface area contributed by atoms with E-state index in [1.807, 2.05) is 11.3 Å². The largest absolute Gasteiger partial charge is 0.307 e. The Bertz CT molecular complexity index is 618. The predicted molar refractivity (Wildman–Crippen MR) is 90.3 cm³/mol. The van der Waals surface area contributed by atoms with Crippen LogP contribution in [0.25, 0.3) is 0 Å². The summed E-state index contributed by atoms with van der Waals surface area (Å²) in [5, 5.41) is 8.12. The molecule has 2 heterocycles. The normalized spacial score (nSPS) is 15.6. The highest BCUT2D eigenvalue weighted by molar-refractivity contribution is 7.12. The molecule has 0 aliphatic heterocycles. The van der Waals surface area contributed by atoms with E-state index in [0.717, 1.165) is 18.7 Å². The van der Waals surface area contributed by atoms with E-state index in [1.54, 1.807) is 11.3 Å². The second-order valence-corrected chi connectivity index (χ2v) is 8.96. The van der Waals surface area contributed by atoms with Gasteiger partial charge >= 0.3 is 0 Å². The Labute approximate surface area is 134 Å². The van der Waals surface area contributed by atoms with E-state index in [4.69, 9.17) is 4.98 Å². The minimum atomic E-state index is 0.150. The SMILES string of the molecule is Cc1csc(Cc2nc(C3CC3)c(CNC(C)(C)C)s2)n1. The second kappa shape index (κ2) is 5.78. The summed E-state index contributed by atoms with van der Waals surface area (Å²) in [6.07, 6.45) is 3.50. The average Bonchev–Trinajstić information content (AvgIpc) is 3.04. The van der Waals surface area contributed by atoms with Crippen LogP contribution in [-0.4, -0.2) is 15.5 Å². The maximum atomic E-state index is 4.92. The van der Waals surface area contributed by atoms with Crippen LogP contribution in [0.4, 0.5) is 0 Å². The zero-order valence-electron chi connectivity index (χ0n) is 13.2. The van der Waals surface area contributed by atoms with Crippen LogP contribution in [0.5, 0.6) is 0 Å². The number of hydrogen-bond donors (Lipinski definition) is 1. The molecule has 5 heteroatoms. The van der Waals surface area contributed by atoms with Gasteiger partial charge in [0.2, 0.25) is 0 Å². The average molecular weight is 322 g/mol. The van der Waals surface area contributed by atoms with Crippen molar-refractivity contribution in [1.82, 2.24) is 15.3 Å². The van der Waals surface area contributed by atoms with E-state index >= 15 is 0 Å². The lowest BCUT2D eigenvalue weighted by Crippen LogP contribution is -2.35. The molecule has 3 nitrogen and oxygen atoms in total. The number of hydrogen-bond acceptors (Lipinski definition) is 5. The van der Waals surface area contributed by atoms with E-state index in [-0.39, 0.29) is 5.54 Å². The molecule has 0 bridgehead atoms. The molecule has 1 aliphatic rings. The first-order valence-electron chi connectivity index (χ1n) is 7.55. The van der Waals surface area contributed by atoms with Crippen LogP contribution in [0.2, 0.25) is 0 Å². The van der Waals surface area contributed by atoms with Gasteiger partial charge in [-0.25, -0.2) is 9.97 Å². The molecular weight excluding hydrogens is 298 g/mol. The van der Waals surface area contributed by atoms with Gasteiger partial charge in [0.15, 0.2) is 0 Å². The van der Waals surface area contributed by atoms with E-state index in [0.29, 0.717) is 5.92 Å². The van der Waals surface area contributed by atoms with Gasteiger partial charge in [0, 0.05) is 34.0 Å². The van der Waals surface area contributed by atoms with Crippen LogP contribution in [0.1, 0.15) is 65.8 Å². The monoisotopic (exact) mass is 321 g/mol. The molecule has 0 radical (unpaired) electrons. The van der Waals surface area contributed by atoms with Gasteiger partial charge in [-0.05, 0) is 40.5 Å². The maximum absolute atomic E-state index is 4.92. The minimum absolute atomic E-state index is 0.150. The summed E-state index contributed by atoms with van der Waals surface area (Å²) < 4.78 is 0. The fourth-order valence-corrected chi connectivity index (χ4v) is 4.22. The van der Waals surface area contributed by atoms with Crippen LogP contribution in [0, 0.1) is 6.92 Å². The molecule has 0 amide bonds. The molecule has 1 saturated carbocycles. The molecule has 0 atom stereocenters. The molecule has 1 fully saturated rings. The Morgan fingerprint density at radius 3 is 2.57 bits per heavy atom. The van der Waals surface area contributed by atoms with Gasteiger partial charge in [0.1, 0.15) is 0 Å². The molecule has 1 aliphatic carbocycles. The summed E-state index contributed by atoms with van der Waals surface area (Å²) >= 11 is 3.61.